The first-order valence-electron chi connectivity index (χ1n) is 6.25. The van der Waals surface area contributed by atoms with Crippen molar-refractivity contribution in [2.45, 2.75) is 13.3 Å². The number of carbonyl (C=O) groups is 2. The van der Waals surface area contributed by atoms with Crippen LogP contribution in [0, 0.1) is 0 Å². The Labute approximate surface area is 113 Å². The van der Waals surface area contributed by atoms with Crippen molar-refractivity contribution in [3.63, 3.8) is 0 Å². The zero-order chi connectivity index (χ0) is 14.1. The topological polar surface area (TPSA) is 82.3 Å². The molecule has 4 N–H and O–H groups in total. The molecule has 19 heavy (non-hydrogen) atoms. The van der Waals surface area contributed by atoms with Gasteiger partial charge in [-0.3, -0.25) is 4.79 Å². The van der Waals surface area contributed by atoms with Crippen molar-refractivity contribution >= 4 is 23.3 Å². The van der Waals surface area contributed by atoms with Gasteiger partial charge >= 0.3 is 6.03 Å². The number of hydrogen-bond acceptors (Lipinski definition) is 3. The van der Waals surface area contributed by atoms with Gasteiger partial charge in [-0.15, -0.1) is 0 Å². The highest BCUT2D eigenvalue weighted by molar-refractivity contribution is 5.92. The van der Waals surface area contributed by atoms with Crippen LogP contribution in [-0.4, -0.2) is 32.1 Å². The van der Waals surface area contributed by atoms with Crippen LogP contribution in [0.1, 0.15) is 13.3 Å². The van der Waals surface area contributed by atoms with E-state index in [9.17, 15) is 9.59 Å². The quantitative estimate of drug-likeness (QED) is 0.586. The second-order valence-electron chi connectivity index (χ2n) is 3.93. The molecule has 0 fully saturated rings. The summed E-state index contributed by atoms with van der Waals surface area (Å²) in [5.74, 6) is -0.0343. The Bertz CT molecular complexity index is 417. The molecule has 0 aliphatic rings. The van der Waals surface area contributed by atoms with E-state index in [4.69, 9.17) is 0 Å². The predicted molar refractivity (Wildman–Crippen MR) is 76.3 cm³/mol. The first-order chi connectivity index (χ1) is 9.15. The molecule has 1 aromatic carbocycles. The van der Waals surface area contributed by atoms with E-state index in [0.29, 0.717) is 24.3 Å². The van der Waals surface area contributed by atoms with Crippen LogP contribution in [0.15, 0.2) is 24.3 Å². The van der Waals surface area contributed by atoms with Crippen LogP contribution >= 0.6 is 0 Å². The Morgan fingerprint density at radius 3 is 2.16 bits per heavy atom. The first-order valence-corrected chi connectivity index (χ1v) is 6.25. The Morgan fingerprint density at radius 1 is 1.05 bits per heavy atom. The van der Waals surface area contributed by atoms with Crippen LogP contribution in [0.3, 0.4) is 0 Å². The van der Waals surface area contributed by atoms with Crippen LogP contribution < -0.4 is 21.3 Å². The van der Waals surface area contributed by atoms with Gasteiger partial charge in [0.2, 0.25) is 5.91 Å². The van der Waals surface area contributed by atoms with Crippen LogP contribution in [0.25, 0.3) is 0 Å². The average molecular weight is 264 g/mol. The summed E-state index contributed by atoms with van der Waals surface area (Å²) in [6.45, 7) is 3.52. The maximum absolute atomic E-state index is 11.6. The summed E-state index contributed by atoms with van der Waals surface area (Å²) >= 11 is 0. The van der Waals surface area contributed by atoms with Crippen molar-refractivity contribution in [1.82, 2.24) is 10.6 Å². The van der Waals surface area contributed by atoms with E-state index in [1.54, 1.807) is 31.3 Å². The third-order valence-electron chi connectivity index (χ3n) is 2.43. The Balaban J connectivity index is 2.43. The van der Waals surface area contributed by atoms with E-state index in [0.717, 1.165) is 6.54 Å². The fourth-order valence-electron chi connectivity index (χ4n) is 1.43. The molecule has 0 unspecified atom stereocenters. The Hall–Kier alpha value is -2.08. The van der Waals surface area contributed by atoms with Crippen LogP contribution in [0.2, 0.25) is 0 Å². The summed E-state index contributed by atoms with van der Waals surface area (Å²) in [5, 5.41) is 11.0. The zero-order valence-corrected chi connectivity index (χ0v) is 11.2. The van der Waals surface area contributed by atoms with E-state index in [1.807, 2.05) is 6.92 Å². The molecule has 0 spiro atoms. The van der Waals surface area contributed by atoms with Crippen molar-refractivity contribution in [3.05, 3.63) is 24.3 Å². The number of nitrogens with one attached hydrogen (secondary N) is 4. The molecular weight excluding hydrogens is 244 g/mol. The Kier molecular flexibility index (Phi) is 6.38. The molecular formula is C13H20N4O2. The summed E-state index contributed by atoms with van der Waals surface area (Å²) in [6.07, 6.45) is 0.437. The SMILES string of the molecule is CCNCCC(=O)Nc1ccc(NC(=O)NC)cc1. The minimum atomic E-state index is -0.276. The lowest BCUT2D eigenvalue weighted by molar-refractivity contribution is -0.116. The van der Waals surface area contributed by atoms with E-state index in [2.05, 4.69) is 21.3 Å². The lowest BCUT2D eigenvalue weighted by Crippen LogP contribution is -2.24. The van der Waals surface area contributed by atoms with Gasteiger partial charge < -0.3 is 21.3 Å². The molecule has 0 saturated carbocycles. The summed E-state index contributed by atoms with van der Waals surface area (Å²) in [5.41, 5.74) is 1.38. The van der Waals surface area contributed by atoms with E-state index >= 15 is 0 Å². The molecule has 0 aliphatic carbocycles. The number of carbonyl (C=O) groups excluding carboxylic acids is 2. The molecule has 6 heteroatoms. The van der Waals surface area contributed by atoms with Crippen LogP contribution in [0.5, 0.6) is 0 Å². The van der Waals surface area contributed by atoms with Crippen molar-refractivity contribution in [1.29, 1.82) is 0 Å². The summed E-state index contributed by atoms with van der Waals surface area (Å²) < 4.78 is 0. The molecule has 0 atom stereocenters. The van der Waals surface area contributed by atoms with Crippen LogP contribution in [-0.2, 0) is 4.79 Å². The second kappa shape index (κ2) is 8.10. The van der Waals surface area contributed by atoms with Gasteiger partial charge in [-0.2, -0.15) is 0 Å². The van der Waals surface area contributed by atoms with Gasteiger partial charge in [0.1, 0.15) is 0 Å². The number of anilines is 2. The van der Waals surface area contributed by atoms with E-state index in [-0.39, 0.29) is 11.9 Å². The summed E-state index contributed by atoms with van der Waals surface area (Å²) in [6, 6.07) is 6.68. The van der Waals surface area contributed by atoms with Gasteiger partial charge in [0, 0.05) is 31.4 Å². The fourth-order valence-corrected chi connectivity index (χ4v) is 1.43. The van der Waals surface area contributed by atoms with Crippen molar-refractivity contribution in [2.24, 2.45) is 0 Å². The minimum absolute atomic E-state index is 0.0343. The highest BCUT2D eigenvalue weighted by atomic mass is 16.2. The van der Waals surface area contributed by atoms with Gasteiger partial charge in [-0.1, -0.05) is 6.92 Å². The molecule has 0 radical (unpaired) electrons. The number of urea groups is 1. The second-order valence-corrected chi connectivity index (χ2v) is 3.93. The highest BCUT2D eigenvalue weighted by Gasteiger charge is 2.02. The van der Waals surface area contributed by atoms with Gasteiger partial charge in [-0.25, -0.2) is 4.79 Å². The minimum Gasteiger partial charge on any atom is -0.341 e. The van der Waals surface area contributed by atoms with E-state index < -0.39 is 0 Å². The standard InChI is InChI=1S/C13H20N4O2/c1-3-15-9-8-12(18)16-10-4-6-11(7-5-10)17-13(19)14-2/h4-7,15H,3,8-9H2,1-2H3,(H,16,18)(H2,14,17,19). The fraction of sp³-hybridized carbons (Fsp3) is 0.385. The lowest BCUT2D eigenvalue weighted by Gasteiger charge is -2.07. The smallest absolute Gasteiger partial charge is 0.318 e. The molecule has 0 aromatic heterocycles. The highest BCUT2D eigenvalue weighted by Crippen LogP contribution is 2.13. The molecule has 104 valence electrons. The first kappa shape index (κ1) is 15.0. The van der Waals surface area contributed by atoms with Gasteiger partial charge in [0.25, 0.3) is 0 Å². The monoisotopic (exact) mass is 264 g/mol. The molecule has 0 saturated heterocycles. The molecule has 1 aromatic rings. The normalized spacial score (nSPS) is 9.79. The van der Waals surface area contributed by atoms with E-state index in [1.165, 1.54) is 0 Å². The molecule has 3 amide bonds. The maximum atomic E-state index is 11.6. The molecule has 6 nitrogen and oxygen atoms in total. The number of benzene rings is 1. The lowest BCUT2D eigenvalue weighted by atomic mass is 10.2. The molecule has 0 bridgehead atoms. The average Bonchev–Trinajstić information content (AvgIpc) is 2.41. The van der Waals surface area contributed by atoms with Crippen molar-refractivity contribution < 1.29 is 9.59 Å². The molecule has 0 aliphatic heterocycles. The third-order valence-corrected chi connectivity index (χ3v) is 2.43. The van der Waals surface area contributed by atoms with Crippen molar-refractivity contribution in [2.75, 3.05) is 30.8 Å². The number of hydrogen-bond donors (Lipinski definition) is 4. The summed E-state index contributed by atoms with van der Waals surface area (Å²) in [7, 11) is 1.55. The molecule has 0 heterocycles. The summed E-state index contributed by atoms with van der Waals surface area (Å²) in [4.78, 5) is 22.7. The third kappa shape index (κ3) is 5.87. The Morgan fingerprint density at radius 2 is 1.63 bits per heavy atom. The molecule has 1 rings (SSSR count). The van der Waals surface area contributed by atoms with Gasteiger partial charge in [0.05, 0.1) is 0 Å². The predicted octanol–water partition coefficient (Wildman–Crippen LogP) is 1.38. The maximum Gasteiger partial charge on any atom is 0.318 e. The van der Waals surface area contributed by atoms with Crippen molar-refractivity contribution in [3.8, 4) is 0 Å². The zero-order valence-electron chi connectivity index (χ0n) is 11.2. The number of rotatable bonds is 6. The van der Waals surface area contributed by atoms with Gasteiger partial charge in [0.15, 0.2) is 0 Å². The van der Waals surface area contributed by atoms with Crippen LogP contribution in [0.4, 0.5) is 16.2 Å². The number of amides is 3. The van der Waals surface area contributed by atoms with Gasteiger partial charge in [-0.05, 0) is 30.8 Å². The largest absolute Gasteiger partial charge is 0.341 e.